The van der Waals surface area contributed by atoms with Crippen molar-refractivity contribution in [1.29, 1.82) is 0 Å². The molecule has 1 fully saturated rings. The van der Waals surface area contributed by atoms with Gasteiger partial charge in [-0.25, -0.2) is 4.68 Å². The number of carbonyl (C=O) groups is 1. The zero-order valence-electron chi connectivity index (χ0n) is 12.9. The van der Waals surface area contributed by atoms with Crippen molar-refractivity contribution in [3.8, 4) is 0 Å². The van der Waals surface area contributed by atoms with Crippen LogP contribution in [-0.4, -0.2) is 37.9 Å². The van der Waals surface area contributed by atoms with Crippen LogP contribution in [0.5, 0.6) is 0 Å². The predicted octanol–water partition coefficient (Wildman–Crippen LogP) is 1.58. The maximum atomic E-state index is 12.6. The zero-order valence-corrected chi connectivity index (χ0v) is 12.9. The maximum absolute atomic E-state index is 12.6. The second-order valence-electron chi connectivity index (χ2n) is 5.86. The van der Waals surface area contributed by atoms with Crippen LogP contribution in [0.4, 0.5) is 0 Å². The lowest BCUT2D eigenvalue weighted by Crippen LogP contribution is -2.43. The van der Waals surface area contributed by atoms with Crippen LogP contribution in [0.2, 0.25) is 0 Å². The first-order valence-electron chi connectivity index (χ1n) is 7.75. The Kier molecular flexibility index (Phi) is 3.92. The number of nitrogens with zero attached hydrogens (tertiary/aromatic N) is 4. The van der Waals surface area contributed by atoms with Crippen LogP contribution < -0.4 is 5.56 Å². The first-order chi connectivity index (χ1) is 10.6. The van der Waals surface area contributed by atoms with Gasteiger partial charge in [0.2, 0.25) is 5.91 Å². The van der Waals surface area contributed by atoms with Crippen molar-refractivity contribution in [3.05, 3.63) is 34.6 Å². The van der Waals surface area contributed by atoms with Crippen LogP contribution in [0, 0.1) is 0 Å². The number of likely N-dealkylation sites (tertiary alicyclic amines) is 1. The summed E-state index contributed by atoms with van der Waals surface area (Å²) in [5.41, 5.74) is 0.288. The van der Waals surface area contributed by atoms with E-state index in [1.165, 1.54) is 4.68 Å². The molecule has 1 aliphatic rings. The summed E-state index contributed by atoms with van der Waals surface area (Å²) in [4.78, 5) is 26.9. The van der Waals surface area contributed by atoms with Gasteiger partial charge in [-0.3, -0.25) is 9.59 Å². The van der Waals surface area contributed by atoms with Crippen LogP contribution in [-0.2, 0) is 11.3 Å². The lowest BCUT2D eigenvalue weighted by Gasteiger charge is -2.28. The number of hydrogen-bond acceptors (Lipinski definition) is 4. The minimum absolute atomic E-state index is 0.0441. The van der Waals surface area contributed by atoms with Gasteiger partial charge < -0.3 is 4.90 Å². The third-order valence-corrected chi connectivity index (χ3v) is 4.46. The lowest BCUT2D eigenvalue weighted by atomic mass is 10.1. The second kappa shape index (κ2) is 5.87. The molecule has 1 aromatic heterocycles. The smallest absolute Gasteiger partial charge is 0.278 e. The number of amides is 1. The van der Waals surface area contributed by atoms with Crippen molar-refractivity contribution < 1.29 is 4.79 Å². The molecule has 0 saturated carbocycles. The molecule has 3 rings (SSSR count). The Balaban J connectivity index is 1.88. The molecule has 0 aliphatic carbocycles. The van der Waals surface area contributed by atoms with Crippen LogP contribution >= 0.6 is 0 Å². The predicted molar refractivity (Wildman–Crippen MR) is 83.4 cm³/mol. The second-order valence-corrected chi connectivity index (χ2v) is 5.86. The summed E-state index contributed by atoms with van der Waals surface area (Å²) < 4.78 is 1.17. The number of fused-ring (bicyclic) bond motifs is 1. The van der Waals surface area contributed by atoms with Gasteiger partial charge in [-0.2, -0.15) is 0 Å². The highest BCUT2D eigenvalue weighted by Crippen LogP contribution is 2.26. The van der Waals surface area contributed by atoms with Crippen molar-refractivity contribution in [2.24, 2.45) is 0 Å². The van der Waals surface area contributed by atoms with Gasteiger partial charge in [-0.05, 0) is 38.3 Å². The van der Waals surface area contributed by atoms with Crippen molar-refractivity contribution in [2.75, 3.05) is 0 Å². The van der Waals surface area contributed by atoms with E-state index in [9.17, 15) is 9.59 Å². The van der Waals surface area contributed by atoms with Crippen molar-refractivity contribution in [1.82, 2.24) is 19.9 Å². The number of aromatic nitrogens is 3. The van der Waals surface area contributed by atoms with Crippen molar-refractivity contribution in [3.63, 3.8) is 0 Å². The van der Waals surface area contributed by atoms with E-state index in [2.05, 4.69) is 24.2 Å². The van der Waals surface area contributed by atoms with Gasteiger partial charge >= 0.3 is 0 Å². The van der Waals surface area contributed by atoms with Gasteiger partial charge in [0.25, 0.3) is 5.56 Å². The SMILES string of the molecule is CCC1CCC(C)N1C(=O)Cn1nnc2ccccc2c1=O. The summed E-state index contributed by atoms with van der Waals surface area (Å²) in [6, 6.07) is 7.54. The minimum Gasteiger partial charge on any atom is -0.335 e. The Hall–Kier alpha value is -2.24. The summed E-state index contributed by atoms with van der Waals surface area (Å²) in [6.07, 6.45) is 2.98. The highest BCUT2D eigenvalue weighted by Gasteiger charge is 2.33. The summed E-state index contributed by atoms with van der Waals surface area (Å²) in [5, 5.41) is 8.41. The normalized spacial score (nSPS) is 21.5. The highest BCUT2D eigenvalue weighted by molar-refractivity contribution is 5.79. The van der Waals surface area contributed by atoms with Crippen LogP contribution in [0.3, 0.4) is 0 Å². The summed E-state index contributed by atoms with van der Waals surface area (Å²) in [7, 11) is 0. The molecule has 116 valence electrons. The Bertz CT molecular complexity index is 755. The van der Waals surface area contributed by atoms with E-state index < -0.39 is 0 Å². The van der Waals surface area contributed by atoms with Crippen molar-refractivity contribution >= 4 is 16.8 Å². The Morgan fingerprint density at radius 3 is 2.86 bits per heavy atom. The molecule has 2 unspecified atom stereocenters. The van der Waals surface area contributed by atoms with E-state index in [4.69, 9.17) is 0 Å². The molecule has 2 heterocycles. The van der Waals surface area contributed by atoms with E-state index in [1.807, 2.05) is 11.0 Å². The van der Waals surface area contributed by atoms with E-state index in [-0.39, 0.29) is 30.1 Å². The summed E-state index contributed by atoms with van der Waals surface area (Å²) in [6.45, 7) is 4.10. The molecular weight excluding hydrogens is 280 g/mol. The lowest BCUT2D eigenvalue weighted by molar-refractivity contribution is -0.134. The average molecular weight is 300 g/mol. The monoisotopic (exact) mass is 300 g/mol. The van der Waals surface area contributed by atoms with Gasteiger partial charge in [-0.1, -0.05) is 24.3 Å². The molecule has 22 heavy (non-hydrogen) atoms. The minimum atomic E-state index is -0.265. The topological polar surface area (TPSA) is 68.1 Å². The Morgan fingerprint density at radius 1 is 1.32 bits per heavy atom. The fourth-order valence-electron chi connectivity index (χ4n) is 3.26. The molecule has 1 aliphatic heterocycles. The maximum Gasteiger partial charge on any atom is 0.278 e. The molecule has 1 aromatic carbocycles. The largest absolute Gasteiger partial charge is 0.335 e. The van der Waals surface area contributed by atoms with Gasteiger partial charge in [0, 0.05) is 12.1 Å². The van der Waals surface area contributed by atoms with E-state index in [1.54, 1.807) is 18.2 Å². The van der Waals surface area contributed by atoms with Crippen molar-refractivity contribution in [2.45, 2.75) is 51.7 Å². The fourth-order valence-corrected chi connectivity index (χ4v) is 3.26. The Labute approximate surface area is 128 Å². The fraction of sp³-hybridized carbons (Fsp3) is 0.500. The number of carbonyl (C=O) groups excluding carboxylic acids is 1. The molecule has 2 atom stereocenters. The third kappa shape index (κ3) is 2.49. The summed E-state index contributed by atoms with van der Waals surface area (Å²) >= 11 is 0. The molecule has 0 N–H and O–H groups in total. The number of hydrogen-bond donors (Lipinski definition) is 0. The molecule has 6 nitrogen and oxygen atoms in total. The molecule has 0 spiro atoms. The molecular formula is C16H20N4O2. The molecule has 1 amide bonds. The van der Waals surface area contributed by atoms with Gasteiger partial charge in [0.1, 0.15) is 12.1 Å². The van der Waals surface area contributed by atoms with E-state index in [0.717, 1.165) is 19.3 Å². The van der Waals surface area contributed by atoms with Crippen LogP contribution in [0.25, 0.3) is 10.9 Å². The quantitative estimate of drug-likeness (QED) is 0.863. The zero-order chi connectivity index (χ0) is 15.7. The molecule has 0 radical (unpaired) electrons. The highest BCUT2D eigenvalue weighted by atomic mass is 16.2. The van der Waals surface area contributed by atoms with Crippen LogP contribution in [0.15, 0.2) is 29.1 Å². The molecule has 1 saturated heterocycles. The Morgan fingerprint density at radius 2 is 2.09 bits per heavy atom. The van der Waals surface area contributed by atoms with E-state index >= 15 is 0 Å². The number of benzene rings is 1. The van der Waals surface area contributed by atoms with Gasteiger partial charge in [-0.15, -0.1) is 5.10 Å². The summed E-state index contributed by atoms with van der Waals surface area (Å²) in [5.74, 6) is -0.0523. The molecule has 6 heteroatoms. The third-order valence-electron chi connectivity index (χ3n) is 4.46. The number of rotatable bonds is 3. The standard InChI is InChI=1S/C16H20N4O2/c1-3-12-9-8-11(2)20(12)15(21)10-19-16(22)13-6-4-5-7-14(13)17-18-19/h4-7,11-12H,3,8-10H2,1-2H3. The molecule has 2 aromatic rings. The van der Waals surface area contributed by atoms with Crippen LogP contribution in [0.1, 0.15) is 33.1 Å². The van der Waals surface area contributed by atoms with Gasteiger partial charge in [0.05, 0.1) is 5.39 Å². The first kappa shape index (κ1) is 14.7. The van der Waals surface area contributed by atoms with E-state index in [0.29, 0.717) is 10.9 Å². The molecule has 0 bridgehead atoms. The average Bonchev–Trinajstić information content (AvgIpc) is 2.91. The van der Waals surface area contributed by atoms with Gasteiger partial charge in [0.15, 0.2) is 0 Å². The first-order valence-corrected chi connectivity index (χ1v) is 7.75.